The Balaban J connectivity index is 1.52. The number of pyridine rings is 1. The van der Waals surface area contributed by atoms with Gasteiger partial charge in [0.15, 0.2) is 5.65 Å². The molecule has 1 amide bonds. The number of fused-ring (bicyclic) bond motifs is 1. The first-order valence-electron chi connectivity index (χ1n) is 8.84. The molecule has 0 saturated carbocycles. The Bertz CT molecular complexity index is 1010. The number of aryl methyl sites for hydroxylation is 1. The largest absolute Gasteiger partial charge is 0.337 e. The van der Waals surface area contributed by atoms with Gasteiger partial charge in [0.05, 0.1) is 0 Å². The minimum Gasteiger partial charge on any atom is -0.337 e. The molecule has 0 atom stereocenters. The number of likely N-dealkylation sites (tertiary alicyclic amines) is 1. The van der Waals surface area contributed by atoms with Gasteiger partial charge in [0.25, 0.3) is 11.5 Å². The summed E-state index contributed by atoms with van der Waals surface area (Å²) in [5, 5.41) is 3.20. The Labute approximate surface area is 150 Å². The van der Waals surface area contributed by atoms with Crippen LogP contribution in [0.2, 0.25) is 0 Å². The van der Waals surface area contributed by atoms with Crippen molar-refractivity contribution in [3.05, 3.63) is 63.5 Å². The van der Waals surface area contributed by atoms with Gasteiger partial charge in [0.2, 0.25) is 0 Å². The lowest BCUT2D eigenvalue weighted by molar-refractivity contribution is 0.0706. The topological polar surface area (TPSA) is 83.4 Å². The number of hydrogen-bond acceptors (Lipinski definition) is 4. The Morgan fingerprint density at radius 1 is 1.23 bits per heavy atom. The minimum absolute atomic E-state index is 0.0233. The number of rotatable bonds is 2. The van der Waals surface area contributed by atoms with Crippen molar-refractivity contribution in [2.45, 2.75) is 32.6 Å². The highest BCUT2D eigenvalue weighted by molar-refractivity contribution is 5.92. The van der Waals surface area contributed by atoms with E-state index in [4.69, 9.17) is 0 Å². The zero-order valence-corrected chi connectivity index (χ0v) is 14.9. The first-order valence-corrected chi connectivity index (χ1v) is 8.84. The van der Waals surface area contributed by atoms with E-state index in [0.29, 0.717) is 30.0 Å². The fraction of sp³-hybridized carbons (Fsp3) is 0.368. The van der Waals surface area contributed by atoms with Crippen LogP contribution in [0.25, 0.3) is 5.65 Å². The van der Waals surface area contributed by atoms with Crippen molar-refractivity contribution >= 4 is 11.6 Å². The van der Waals surface area contributed by atoms with Crippen LogP contribution in [0.15, 0.2) is 35.3 Å². The average Bonchev–Trinajstić information content (AvgIpc) is 3.10. The number of amides is 1. The highest BCUT2D eigenvalue weighted by Crippen LogP contribution is 2.28. The Morgan fingerprint density at radius 2 is 2.00 bits per heavy atom. The monoisotopic (exact) mass is 351 g/mol. The van der Waals surface area contributed by atoms with Crippen molar-refractivity contribution in [2.24, 2.45) is 0 Å². The third-order valence-electron chi connectivity index (χ3n) is 5.21. The van der Waals surface area contributed by atoms with Gasteiger partial charge in [-0.15, -0.1) is 0 Å². The molecule has 1 saturated heterocycles. The maximum absolute atomic E-state index is 12.5. The second kappa shape index (κ2) is 6.40. The average molecular weight is 351 g/mol. The first kappa shape index (κ1) is 16.5. The summed E-state index contributed by atoms with van der Waals surface area (Å²) in [4.78, 5) is 35.4. The molecule has 0 bridgehead atoms. The molecule has 3 aromatic heterocycles. The number of aromatic amines is 1. The summed E-state index contributed by atoms with van der Waals surface area (Å²) in [6.07, 6.45) is 3.33. The van der Waals surface area contributed by atoms with E-state index >= 15 is 0 Å². The SMILES string of the molecule is Cc1nc2cc(C3CCN(C(=O)c4ccccn4)CC3)[nH]n2c(=O)c1C. The quantitative estimate of drug-likeness (QED) is 0.766. The van der Waals surface area contributed by atoms with Gasteiger partial charge in [-0.2, -0.15) is 0 Å². The number of nitrogens with one attached hydrogen (secondary N) is 1. The smallest absolute Gasteiger partial charge is 0.275 e. The zero-order valence-electron chi connectivity index (χ0n) is 14.9. The van der Waals surface area contributed by atoms with Crippen molar-refractivity contribution in [1.29, 1.82) is 0 Å². The third kappa shape index (κ3) is 2.79. The molecule has 3 aromatic rings. The van der Waals surface area contributed by atoms with Crippen molar-refractivity contribution in [3.63, 3.8) is 0 Å². The summed E-state index contributed by atoms with van der Waals surface area (Å²) in [7, 11) is 0. The summed E-state index contributed by atoms with van der Waals surface area (Å²) in [5.74, 6) is 0.259. The predicted molar refractivity (Wildman–Crippen MR) is 97.4 cm³/mol. The molecule has 1 N–H and O–H groups in total. The third-order valence-corrected chi connectivity index (χ3v) is 5.21. The maximum atomic E-state index is 12.5. The van der Waals surface area contributed by atoms with Crippen LogP contribution in [0.3, 0.4) is 0 Å². The number of aromatic nitrogens is 4. The molecule has 1 fully saturated rings. The summed E-state index contributed by atoms with van der Waals surface area (Å²) < 4.78 is 1.52. The molecule has 7 heteroatoms. The van der Waals surface area contributed by atoms with Gasteiger partial charge in [-0.05, 0) is 38.8 Å². The van der Waals surface area contributed by atoms with Crippen LogP contribution in [-0.2, 0) is 0 Å². The molecule has 0 aliphatic carbocycles. The number of nitrogens with zero attached hydrogens (tertiary/aromatic N) is 4. The Hall–Kier alpha value is -2.96. The highest BCUT2D eigenvalue weighted by atomic mass is 16.2. The van der Waals surface area contributed by atoms with E-state index < -0.39 is 0 Å². The number of carbonyl (C=O) groups is 1. The van der Waals surface area contributed by atoms with E-state index in [0.717, 1.165) is 24.2 Å². The van der Waals surface area contributed by atoms with E-state index in [2.05, 4.69) is 15.1 Å². The van der Waals surface area contributed by atoms with Gasteiger partial charge >= 0.3 is 0 Å². The fourth-order valence-corrected chi connectivity index (χ4v) is 3.49. The van der Waals surface area contributed by atoms with Crippen LogP contribution in [0, 0.1) is 13.8 Å². The van der Waals surface area contributed by atoms with Crippen molar-refractivity contribution < 1.29 is 4.79 Å². The van der Waals surface area contributed by atoms with Crippen LogP contribution < -0.4 is 5.56 Å². The first-order chi connectivity index (χ1) is 12.5. The molecular weight excluding hydrogens is 330 g/mol. The van der Waals surface area contributed by atoms with Gasteiger partial charge in [-0.25, -0.2) is 9.50 Å². The van der Waals surface area contributed by atoms with Crippen molar-refractivity contribution in [1.82, 2.24) is 24.5 Å². The Kier molecular flexibility index (Phi) is 4.06. The summed E-state index contributed by atoms with van der Waals surface area (Å²) >= 11 is 0. The van der Waals surface area contributed by atoms with Crippen molar-refractivity contribution in [3.8, 4) is 0 Å². The fourth-order valence-electron chi connectivity index (χ4n) is 3.49. The molecule has 1 aliphatic rings. The molecule has 0 radical (unpaired) electrons. The van der Waals surface area contributed by atoms with Gasteiger partial charge in [0.1, 0.15) is 5.69 Å². The van der Waals surface area contributed by atoms with Gasteiger partial charge < -0.3 is 4.90 Å². The second-order valence-electron chi connectivity index (χ2n) is 6.81. The lowest BCUT2D eigenvalue weighted by Crippen LogP contribution is -2.38. The van der Waals surface area contributed by atoms with E-state index in [1.807, 2.05) is 24.0 Å². The number of hydrogen-bond donors (Lipinski definition) is 1. The normalized spacial score (nSPS) is 15.5. The standard InChI is InChI=1S/C19H21N5O2/c1-12-13(2)21-17-11-16(22-24(17)18(12)25)14-6-9-23(10-7-14)19(26)15-5-3-4-8-20-15/h3-5,8,11,14,22H,6-7,9-10H2,1-2H3. The van der Waals surface area contributed by atoms with E-state index in [1.165, 1.54) is 4.52 Å². The molecular formula is C19H21N5O2. The summed E-state index contributed by atoms with van der Waals surface area (Å²) in [5.41, 5.74) is 3.51. The van der Waals surface area contributed by atoms with Gasteiger partial charge in [0, 0.05) is 48.2 Å². The van der Waals surface area contributed by atoms with Gasteiger partial charge in [-0.1, -0.05) is 6.07 Å². The van der Waals surface area contributed by atoms with Crippen LogP contribution in [-0.4, -0.2) is 43.5 Å². The number of carbonyl (C=O) groups excluding carboxylic acids is 1. The highest BCUT2D eigenvalue weighted by Gasteiger charge is 2.26. The summed E-state index contributed by atoms with van der Waals surface area (Å²) in [6, 6.07) is 7.33. The molecule has 0 unspecified atom stereocenters. The predicted octanol–water partition coefficient (Wildman–Crippen LogP) is 2.05. The Morgan fingerprint density at radius 3 is 2.69 bits per heavy atom. The van der Waals surface area contributed by atoms with E-state index in [1.54, 1.807) is 25.3 Å². The molecule has 0 aromatic carbocycles. The van der Waals surface area contributed by atoms with E-state index in [-0.39, 0.29) is 17.4 Å². The second-order valence-corrected chi connectivity index (χ2v) is 6.81. The molecule has 134 valence electrons. The van der Waals surface area contributed by atoms with Crippen molar-refractivity contribution in [2.75, 3.05) is 13.1 Å². The maximum Gasteiger partial charge on any atom is 0.275 e. The lowest BCUT2D eigenvalue weighted by Gasteiger charge is -2.31. The van der Waals surface area contributed by atoms with Crippen LogP contribution in [0.1, 0.15) is 46.2 Å². The zero-order chi connectivity index (χ0) is 18.3. The molecule has 0 spiro atoms. The molecule has 4 heterocycles. The molecule has 7 nitrogen and oxygen atoms in total. The molecule has 4 rings (SSSR count). The van der Waals surface area contributed by atoms with Crippen LogP contribution in [0.5, 0.6) is 0 Å². The number of H-pyrrole nitrogens is 1. The minimum atomic E-state index is -0.0542. The lowest BCUT2D eigenvalue weighted by atomic mass is 9.93. The molecule has 1 aliphatic heterocycles. The van der Waals surface area contributed by atoms with Gasteiger partial charge in [-0.3, -0.25) is 19.7 Å². The molecule has 26 heavy (non-hydrogen) atoms. The van der Waals surface area contributed by atoms with Crippen LogP contribution in [0.4, 0.5) is 0 Å². The summed E-state index contributed by atoms with van der Waals surface area (Å²) in [6.45, 7) is 5.00. The van der Waals surface area contributed by atoms with E-state index in [9.17, 15) is 9.59 Å². The number of piperidine rings is 1. The van der Waals surface area contributed by atoms with Crippen LogP contribution >= 0.6 is 0 Å².